The molecule has 0 aliphatic carbocycles. The Morgan fingerprint density at radius 3 is 2.04 bits per heavy atom. The van der Waals surface area contributed by atoms with Crippen molar-refractivity contribution in [3.8, 4) is 0 Å². The number of ether oxygens (including phenoxy) is 1. The SMILES string of the molecule is CCCCCCCC(C)C(=O)CC(C)CCCC(C(=O)OC)C(=O)C(C)=O. The summed E-state index contributed by atoms with van der Waals surface area (Å²) >= 11 is 0. The van der Waals surface area contributed by atoms with Crippen LogP contribution in [0.4, 0.5) is 0 Å². The van der Waals surface area contributed by atoms with Crippen LogP contribution in [0.1, 0.15) is 91.9 Å². The van der Waals surface area contributed by atoms with E-state index in [9.17, 15) is 19.2 Å². The van der Waals surface area contributed by atoms with E-state index >= 15 is 0 Å². The fourth-order valence-corrected chi connectivity index (χ4v) is 3.28. The van der Waals surface area contributed by atoms with Gasteiger partial charge in [-0.1, -0.05) is 65.7 Å². The second-order valence-corrected chi connectivity index (χ2v) is 7.81. The Hall–Kier alpha value is -1.52. The molecule has 0 amide bonds. The third-order valence-corrected chi connectivity index (χ3v) is 5.18. The maximum Gasteiger partial charge on any atom is 0.316 e. The maximum absolute atomic E-state index is 12.3. The van der Waals surface area contributed by atoms with Gasteiger partial charge in [-0.05, 0) is 18.8 Å². The molecule has 0 aliphatic heterocycles. The number of hydrogen-bond donors (Lipinski definition) is 0. The van der Waals surface area contributed by atoms with Crippen molar-refractivity contribution in [2.24, 2.45) is 17.8 Å². The Bertz CT molecular complexity index is 483. The predicted octanol–water partition coefficient (Wildman–Crippen LogP) is 4.70. The second-order valence-electron chi connectivity index (χ2n) is 7.81. The van der Waals surface area contributed by atoms with Crippen molar-refractivity contribution in [3.05, 3.63) is 0 Å². The van der Waals surface area contributed by atoms with Gasteiger partial charge in [0.1, 0.15) is 11.7 Å². The fraction of sp³-hybridized carbons (Fsp3) is 0.818. The molecule has 0 aromatic heterocycles. The molecule has 0 heterocycles. The zero-order chi connectivity index (χ0) is 20.8. The van der Waals surface area contributed by atoms with Gasteiger partial charge in [0.15, 0.2) is 5.78 Å². The predicted molar refractivity (Wildman–Crippen MR) is 106 cm³/mol. The molecule has 0 spiro atoms. The molecule has 0 N–H and O–H groups in total. The Labute approximate surface area is 164 Å². The minimum atomic E-state index is -1.02. The summed E-state index contributed by atoms with van der Waals surface area (Å²) in [5.74, 6) is -2.40. The molecule has 0 radical (unpaired) electrons. The molecule has 0 fully saturated rings. The highest BCUT2D eigenvalue weighted by Gasteiger charge is 2.30. The van der Waals surface area contributed by atoms with Crippen molar-refractivity contribution in [2.75, 3.05) is 7.11 Å². The highest BCUT2D eigenvalue weighted by molar-refractivity contribution is 6.40. The standard InChI is InChI=1S/C22H38O5/c1-6-7-8-9-10-13-17(3)20(24)15-16(2)12-11-14-19(22(26)27-5)21(25)18(4)23/h16-17,19H,6-15H2,1-5H3. The van der Waals surface area contributed by atoms with Gasteiger partial charge in [0.25, 0.3) is 0 Å². The van der Waals surface area contributed by atoms with E-state index in [-0.39, 0.29) is 18.3 Å². The van der Waals surface area contributed by atoms with E-state index in [0.717, 1.165) is 19.3 Å². The highest BCUT2D eigenvalue weighted by atomic mass is 16.5. The van der Waals surface area contributed by atoms with Crippen LogP contribution < -0.4 is 0 Å². The molecule has 0 aliphatic rings. The van der Waals surface area contributed by atoms with Crippen LogP contribution in [0.25, 0.3) is 0 Å². The molecule has 0 rings (SSSR count). The molecule has 27 heavy (non-hydrogen) atoms. The van der Waals surface area contributed by atoms with E-state index in [2.05, 4.69) is 11.7 Å². The van der Waals surface area contributed by atoms with Gasteiger partial charge in [-0.15, -0.1) is 0 Å². The van der Waals surface area contributed by atoms with Crippen molar-refractivity contribution in [1.82, 2.24) is 0 Å². The first-order valence-electron chi connectivity index (χ1n) is 10.4. The number of unbranched alkanes of at least 4 members (excludes halogenated alkanes) is 4. The van der Waals surface area contributed by atoms with E-state index in [1.54, 1.807) is 0 Å². The van der Waals surface area contributed by atoms with Crippen LogP contribution in [0.5, 0.6) is 0 Å². The summed E-state index contributed by atoms with van der Waals surface area (Å²) in [5.41, 5.74) is 0. The third-order valence-electron chi connectivity index (χ3n) is 5.18. The summed E-state index contributed by atoms with van der Waals surface area (Å²) in [6.45, 7) is 7.39. The number of rotatable bonds is 16. The Morgan fingerprint density at radius 1 is 0.852 bits per heavy atom. The molecule has 5 nitrogen and oxygen atoms in total. The number of carbonyl (C=O) groups excluding carboxylic acids is 4. The van der Waals surface area contributed by atoms with Gasteiger partial charge in [-0.3, -0.25) is 19.2 Å². The smallest absolute Gasteiger partial charge is 0.316 e. The van der Waals surface area contributed by atoms with Crippen molar-refractivity contribution in [3.63, 3.8) is 0 Å². The lowest BCUT2D eigenvalue weighted by atomic mass is 9.88. The molecule has 3 atom stereocenters. The average molecular weight is 383 g/mol. The number of hydrogen-bond acceptors (Lipinski definition) is 5. The Kier molecular flexibility index (Phi) is 13.7. The highest BCUT2D eigenvalue weighted by Crippen LogP contribution is 2.21. The fourth-order valence-electron chi connectivity index (χ4n) is 3.28. The minimum absolute atomic E-state index is 0.0937. The molecule has 0 aromatic carbocycles. The summed E-state index contributed by atoms with van der Waals surface area (Å²) in [7, 11) is 1.22. The normalized spacial score (nSPS) is 14.3. The quantitative estimate of drug-likeness (QED) is 0.167. The molecule has 0 saturated carbocycles. The van der Waals surface area contributed by atoms with E-state index < -0.39 is 23.5 Å². The van der Waals surface area contributed by atoms with Crippen molar-refractivity contribution >= 4 is 23.3 Å². The first kappa shape index (κ1) is 25.5. The number of ketones is 3. The van der Waals surface area contributed by atoms with Crippen LogP contribution in [-0.4, -0.2) is 30.4 Å². The van der Waals surface area contributed by atoms with E-state index in [4.69, 9.17) is 0 Å². The molecular weight excluding hydrogens is 344 g/mol. The Balaban J connectivity index is 4.23. The van der Waals surface area contributed by atoms with Gasteiger partial charge in [-0.2, -0.15) is 0 Å². The van der Waals surface area contributed by atoms with Crippen molar-refractivity contribution in [2.45, 2.75) is 91.9 Å². The van der Waals surface area contributed by atoms with Gasteiger partial charge in [0.05, 0.1) is 7.11 Å². The molecule has 5 heteroatoms. The van der Waals surface area contributed by atoms with Crippen LogP contribution in [0.2, 0.25) is 0 Å². The van der Waals surface area contributed by atoms with Gasteiger partial charge in [-0.25, -0.2) is 0 Å². The van der Waals surface area contributed by atoms with Crippen LogP contribution in [0.3, 0.4) is 0 Å². The summed E-state index contributed by atoms with van der Waals surface area (Å²) < 4.78 is 4.63. The summed E-state index contributed by atoms with van der Waals surface area (Å²) in [4.78, 5) is 47.2. The van der Waals surface area contributed by atoms with Gasteiger partial charge in [0, 0.05) is 19.3 Å². The van der Waals surface area contributed by atoms with Crippen molar-refractivity contribution in [1.29, 1.82) is 0 Å². The molecule has 0 bridgehead atoms. The lowest BCUT2D eigenvalue weighted by molar-refractivity contribution is -0.152. The number of esters is 1. The molecule has 156 valence electrons. The second kappa shape index (κ2) is 14.5. The molecule has 0 aromatic rings. The number of carbonyl (C=O) groups is 4. The van der Waals surface area contributed by atoms with E-state index in [1.807, 2.05) is 13.8 Å². The summed E-state index contributed by atoms with van der Waals surface area (Å²) in [5, 5.41) is 0. The first-order chi connectivity index (χ1) is 12.7. The summed E-state index contributed by atoms with van der Waals surface area (Å²) in [6.07, 6.45) is 9.15. The zero-order valence-corrected chi connectivity index (χ0v) is 17.8. The lowest BCUT2D eigenvalue weighted by Gasteiger charge is -2.16. The van der Waals surface area contributed by atoms with E-state index in [1.165, 1.54) is 39.7 Å². The monoisotopic (exact) mass is 382 g/mol. The van der Waals surface area contributed by atoms with Crippen LogP contribution in [0.15, 0.2) is 0 Å². The molecular formula is C22H38O5. The van der Waals surface area contributed by atoms with Crippen molar-refractivity contribution < 1.29 is 23.9 Å². The van der Waals surface area contributed by atoms with Gasteiger partial charge >= 0.3 is 5.97 Å². The Morgan fingerprint density at radius 2 is 1.48 bits per heavy atom. The largest absolute Gasteiger partial charge is 0.468 e. The molecule has 3 unspecified atom stereocenters. The zero-order valence-electron chi connectivity index (χ0n) is 17.8. The average Bonchev–Trinajstić information content (AvgIpc) is 2.63. The third kappa shape index (κ3) is 11.0. The van der Waals surface area contributed by atoms with Crippen LogP contribution in [0, 0.1) is 17.8 Å². The topological polar surface area (TPSA) is 77.5 Å². The lowest BCUT2D eigenvalue weighted by Crippen LogP contribution is -2.30. The minimum Gasteiger partial charge on any atom is -0.468 e. The summed E-state index contributed by atoms with van der Waals surface area (Å²) in [6, 6.07) is 0. The number of methoxy groups -OCH3 is 1. The number of Topliss-reactive ketones (excluding diaryl/α,β-unsaturated/α-hetero) is 3. The van der Waals surface area contributed by atoms with Gasteiger partial charge < -0.3 is 4.74 Å². The van der Waals surface area contributed by atoms with Crippen LogP contribution in [-0.2, 0) is 23.9 Å². The van der Waals surface area contributed by atoms with Gasteiger partial charge in [0.2, 0.25) is 5.78 Å². The van der Waals surface area contributed by atoms with E-state index in [0.29, 0.717) is 18.6 Å². The molecule has 0 saturated heterocycles. The first-order valence-corrected chi connectivity index (χ1v) is 10.4. The van der Waals surface area contributed by atoms with Crippen LogP contribution >= 0.6 is 0 Å². The maximum atomic E-state index is 12.3.